The van der Waals surface area contributed by atoms with Crippen LogP contribution in [0.4, 0.5) is 0 Å². The normalized spacial score (nSPS) is 24.6. The van der Waals surface area contributed by atoms with Gasteiger partial charge < -0.3 is 15.2 Å². The predicted octanol–water partition coefficient (Wildman–Crippen LogP) is 2.51. The third-order valence-corrected chi connectivity index (χ3v) is 3.25. The van der Waals surface area contributed by atoms with Crippen molar-refractivity contribution in [3.8, 4) is 5.75 Å². The second-order valence-corrected chi connectivity index (χ2v) is 4.43. The quantitative estimate of drug-likeness (QED) is 0.872. The van der Waals surface area contributed by atoms with E-state index in [2.05, 4.69) is 12.1 Å². The summed E-state index contributed by atoms with van der Waals surface area (Å²) in [6, 6.07) is 8.17. The van der Waals surface area contributed by atoms with Gasteiger partial charge in [0.1, 0.15) is 5.75 Å². The molecule has 17 heavy (non-hydrogen) atoms. The van der Waals surface area contributed by atoms with Crippen molar-refractivity contribution in [2.45, 2.75) is 25.9 Å². The molecule has 0 saturated carbocycles. The monoisotopic (exact) mass is 235 g/mol. The lowest BCUT2D eigenvalue weighted by molar-refractivity contribution is -0.0252. The van der Waals surface area contributed by atoms with Crippen LogP contribution >= 0.6 is 0 Å². The Morgan fingerprint density at radius 3 is 3.12 bits per heavy atom. The average Bonchev–Trinajstić information content (AvgIpc) is 2.39. The first-order chi connectivity index (χ1) is 8.35. The zero-order valence-corrected chi connectivity index (χ0v) is 10.4. The highest BCUT2D eigenvalue weighted by molar-refractivity contribution is 5.30. The maximum Gasteiger partial charge on any atom is 0.119 e. The van der Waals surface area contributed by atoms with Crippen molar-refractivity contribution in [2.75, 3.05) is 19.8 Å². The van der Waals surface area contributed by atoms with Crippen molar-refractivity contribution in [1.29, 1.82) is 0 Å². The minimum atomic E-state index is 0.133. The van der Waals surface area contributed by atoms with E-state index < -0.39 is 0 Å². The molecule has 0 aliphatic carbocycles. The molecule has 0 amide bonds. The molecular weight excluding hydrogens is 214 g/mol. The van der Waals surface area contributed by atoms with Gasteiger partial charge in [0.05, 0.1) is 12.7 Å². The van der Waals surface area contributed by atoms with E-state index in [1.165, 1.54) is 5.56 Å². The second-order valence-electron chi connectivity index (χ2n) is 4.43. The van der Waals surface area contributed by atoms with Gasteiger partial charge >= 0.3 is 0 Å². The molecule has 1 aliphatic heterocycles. The fourth-order valence-corrected chi connectivity index (χ4v) is 2.40. The molecule has 1 saturated heterocycles. The van der Waals surface area contributed by atoms with E-state index in [4.69, 9.17) is 15.2 Å². The maximum absolute atomic E-state index is 5.87. The Morgan fingerprint density at radius 1 is 1.47 bits per heavy atom. The molecule has 0 spiro atoms. The van der Waals surface area contributed by atoms with Crippen LogP contribution in [0.15, 0.2) is 24.3 Å². The predicted molar refractivity (Wildman–Crippen MR) is 68.1 cm³/mol. The van der Waals surface area contributed by atoms with E-state index in [-0.39, 0.29) is 6.10 Å². The van der Waals surface area contributed by atoms with Gasteiger partial charge in [0, 0.05) is 12.5 Å². The Hall–Kier alpha value is -1.06. The lowest BCUT2D eigenvalue weighted by atomic mass is 9.89. The van der Waals surface area contributed by atoms with Crippen LogP contribution in [0, 0.1) is 5.92 Å². The van der Waals surface area contributed by atoms with Crippen LogP contribution in [0.25, 0.3) is 0 Å². The van der Waals surface area contributed by atoms with Gasteiger partial charge in [-0.1, -0.05) is 12.1 Å². The van der Waals surface area contributed by atoms with Crippen LogP contribution < -0.4 is 10.5 Å². The average molecular weight is 235 g/mol. The molecule has 2 unspecified atom stereocenters. The van der Waals surface area contributed by atoms with Gasteiger partial charge in [0.25, 0.3) is 0 Å². The molecule has 2 rings (SSSR count). The third kappa shape index (κ3) is 2.99. The Kier molecular flexibility index (Phi) is 4.40. The van der Waals surface area contributed by atoms with Gasteiger partial charge in [-0.15, -0.1) is 0 Å². The molecule has 0 bridgehead atoms. The molecule has 1 aliphatic rings. The zero-order valence-electron chi connectivity index (χ0n) is 10.4. The van der Waals surface area contributed by atoms with Gasteiger partial charge in [0.15, 0.2) is 0 Å². The molecule has 1 heterocycles. The summed E-state index contributed by atoms with van der Waals surface area (Å²) in [7, 11) is 0. The first kappa shape index (κ1) is 12.4. The van der Waals surface area contributed by atoms with Gasteiger partial charge in [-0.3, -0.25) is 0 Å². The van der Waals surface area contributed by atoms with Gasteiger partial charge in [0.2, 0.25) is 0 Å². The van der Waals surface area contributed by atoms with Crippen molar-refractivity contribution >= 4 is 0 Å². The van der Waals surface area contributed by atoms with Crippen LogP contribution in [-0.4, -0.2) is 19.8 Å². The topological polar surface area (TPSA) is 44.5 Å². The van der Waals surface area contributed by atoms with Gasteiger partial charge in [-0.2, -0.15) is 0 Å². The molecule has 94 valence electrons. The van der Waals surface area contributed by atoms with Crippen LogP contribution in [-0.2, 0) is 4.74 Å². The third-order valence-electron chi connectivity index (χ3n) is 3.25. The first-order valence-electron chi connectivity index (χ1n) is 6.39. The molecule has 3 nitrogen and oxygen atoms in total. The number of ether oxygens (including phenoxy) is 2. The van der Waals surface area contributed by atoms with Crippen LogP contribution in [0.2, 0.25) is 0 Å². The molecule has 0 radical (unpaired) electrons. The number of benzene rings is 1. The molecule has 1 aromatic carbocycles. The van der Waals surface area contributed by atoms with Gasteiger partial charge in [-0.25, -0.2) is 0 Å². The molecule has 2 atom stereocenters. The summed E-state index contributed by atoms with van der Waals surface area (Å²) in [6.07, 6.45) is 2.40. The molecule has 0 aromatic heterocycles. The standard InChI is InChI=1S/C14H21NO2/c1-2-16-13-7-3-5-11(9-13)14-12(10-15)6-4-8-17-14/h3,5,7,9,12,14H,2,4,6,8,10,15H2,1H3. The summed E-state index contributed by atoms with van der Waals surface area (Å²) in [4.78, 5) is 0. The molecule has 1 aromatic rings. The number of hydrogen-bond acceptors (Lipinski definition) is 3. The van der Waals surface area contributed by atoms with Crippen LogP contribution in [0.3, 0.4) is 0 Å². The Morgan fingerprint density at radius 2 is 2.35 bits per heavy atom. The van der Waals surface area contributed by atoms with Crippen molar-refractivity contribution in [3.05, 3.63) is 29.8 Å². The fourth-order valence-electron chi connectivity index (χ4n) is 2.40. The smallest absolute Gasteiger partial charge is 0.119 e. The van der Waals surface area contributed by atoms with E-state index >= 15 is 0 Å². The largest absolute Gasteiger partial charge is 0.494 e. The lowest BCUT2D eigenvalue weighted by Crippen LogP contribution is -2.28. The fraction of sp³-hybridized carbons (Fsp3) is 0.571. The maximum atomic E-state index is 5.87. The second kappa shape index (κ2) is 6.03. The highest BCUT2D eigenvalue weighted by atomic mass is 16.5. The number of hydrogen-bond donors (Lipinski definition) is 1. The van der Waals surface area contributed by atoms with Gasteiger partial charge in [-0.05, 0) is 44.0 Å². The molecule has 2 N–H and O–H groups in total. The minimum absolute atomic E-state index is 0.133. The van der Waals surface area contributed by atoms with Crippen molar-refractivity contribution in [1.82, 2.24) is 0 Å². The van der Waals surface area contributed by atoms with E-state index in [9.17, 15) is 0 Å². The molecule has 3 heteroatoms. The summed E-state index contributed by atoms with van der Waals surface area (Å²) in [6.45, 7) is 4.20. The van der Waals surface area contributed by atoms with Crippen LogP contribution in [0.5, 0.6) is 5.75 Å². The van der Waals surface area contributed by atoms with E-state index in [0.717, 1.165) is 25.2 Å². The summed E-state index contributed by atoms with van der Waals surface area (Å²) in [5, 5.41) is 0. The Balaban J connectivity index is 2.16. The lowest BCUT2D eigenvalue weighted by Gasteiger charge is -2.31. The minimum Gasteiger partial charge on any atom is -0.494 e. The Labute approximate surface area is 103 Å². The highest BCUT2D eigenvalue weighted by Crippen LogP contribution is 2.34. The molecular formula is C14H21NO2. The summed E-state index contributed by atoms with van der Waals surface area (Å²) in [5.41, 5.74) is 7.00. The number of rotatable bonds is 4. The SMILES string of the molecule is CCOc1cccc(C2OCCCC2CN)c1. The summed E-state index contributed by atoms with van der Waals surface area (Å²) < 4.78 is 11.4. The van der Waals surface area contributed by atoms with Crippen molar-refractivity contribution < 1.29 is 9.47 Å². The van der Waals surface area contributed by atoms with E-state index in [1.54, 1.807) is 0 Å². The zero-order chi connectivity index (χ0) is 12.1. The van der Waals surface area contributed by atoms with Crippen LogP contribution in [0.1, 0.15) is 31.4 Å². The molecule has 1 fully saturated rings. The van der Waals surface area contributed by atoms with E-state index in [0.29, 0.717) is 19.1 Å². The summed E-state index contributed by atoms with van der Waals surface area (Å²) in [5.74, 6) is 1.34. The first-order valence-corrected chi connectivity index (χ1v) is 6.39. The van der Waals surface area contributed by atoms with Crippen molar-refractivity contribution in [3.63, 3.8) is 0 Å². The highest BCUT2D eigenvalue weighted by Gasteiger charge is 2.26. The number of nitrogens with two attached hydrogens (primary N) is 1. The van der Waals surface area contributed by atoms with Crippen molar-refractivity contribution in [2.24, 2.45) is 11.7 Å². The Bertz CT molecular complexity index is 354. The summed E-state index contributed by atoms with van der Waals surface area (Å²) >= 11 is 0. The van der Waals surface area contributed by atoms with E-state index in [1.807, 2.05) is 19.1 Å².